The van der Waals surface area contributed by atoms with Crippen molar-refractivity contribution in [3.63, 3.8) is 0 Å². The number of rotatable bonds is 3. The average molecular weight is 260 g/mol. The van der Waals surface area contributed by atoms with E-state index < -0.39 is 0 Å². The molecule has 3 heteroatoms. The largest absolute Gasteiger partial charge is 0.378 e. The van der Waals surface area contributed by atoms with Crippen molar-refractivity contribution in [3.8, 4) is 0 Å². The van der Waals surface area contributed by atoms with Gasteiger partial charge in [0.05, 0.1) is 6.10 Å². The molecule has 0 spiro atoms. The Hall–Kier alpha value is -0.900. The Balaban J connectivity index is 1.80. The van der Waals surface area contributed by atoms with E-state index in [0.29, 0.717) is 6.10 Å². The van der Waals surface area contributed by atoms with Crippen molar-refractivity contribution in [1.29, 1.82) is 0 Å². The van der Waals surface area contributed by atoms with Gasteiger partial charge in [0.25, 0.3) is 0 Å². The first-order chi connectivity index (χ1) is 9.27. The second-order valence-electron chi connectivity index (χ2n) is 5.91. The fourth-order valence-corrected chi connectivity index (χ4v) is 3.53. The van der Waals surface area contributed by atoms with E-state index in [-0.39, 0.29) is 5.54 Å². The summed E-state index contributed by atoms with van der Waals surface area (Å²) in [5.41, 5.74) is 9.24. The molecule has 0 aliphatic carbocycles. The highest BCUT2D eigenvalue weighted by Gasteiger charge is 2.42. The molecule has 3 nitrogen and oxygen atoms in total. The second kappa shape index (κ2) is 5.23. The van der Waals surface area contributed by atoms with Crippen LogP contribution in [-0.2, 0) is 17.8 Å². The summed E-state index contributed by atoms with van der Waals surface area (Å²) in [6.07, 6.45) is 3.60. The van der Waals surface area contributed by atoms with Crippen LogP contribution in [0.3, 0.4) is 0 Å². The van der Waals surface area contributed by atoms with Crippen LogP contribution in [-0.4, -0.2) is 29.7 Å². The minimum Gasteiger partial charge on any atom is -0.378 e. The van der Waals surface area contributed by atoms with Crippen molar-refractivity contribution >= 4 is 0 Å². The molecule has 19 heavy (non-hydrogen) atoms. The summed E-state index contributed by atoms with van der Waals surface area (Å²) in [4.78, 5) is 2.59. The molecule has 0 saturated carbocycles. The Kier molecular flexibility index (Phi) is 3.61. The van der Waals surface area contributed by atoms with Crippen molar-refractivity contribution < 1.29 is 4.74 Å². The summed E-state index contributed by atoms with van der Waals surface area (Å²) in [6, 6.07) is 8.76. The number of fused-ring (bicyclic) bond motifs is 1. The van der Waals surface area contributed by atoms with Crippen LogP contribution < -0.4 is 5.73 Å². The molecular weight excluding hydrogens is 236 g/mol. The molecule has 1 fully saturated rings. The summed E-state index contributed by atoms with van der Waals surface area (Å²) in [7, 11) is 0. The molecule has 2 unspecified atom stereocenters. The molecule has 2 aliphatic heterocycles. The Morgan fingerprint density at radius 2 is 2.00 bits per heavy atom. The van der Waals surface area contributed by atoms with Gasteiger partial charge >= 0.3 is 0 Å². The van der Waals surface area contributed by atoms with Crippen molar-refractivity contribution in [1.82, 2.24) is 4.90 Å². The number of ether oxygens (including phenoxy) is 1. The fourth-order valence-electron chi connectivity index (χ4n) is 3.53. The van der Waals surface area contributed by atoms with E-state index >= 15 is 0 Å². The predicted molar refractivity (Wildman–Crippen MR) is 76.7 cm³/mol. The maximum Gasteiger partial charge on any atom is 0.0590 e. The Morgan fingerprint density at radius 1 is 1.32 bits per heavy atom. The maximum absolute atomic E-state index is 6.17. The first kappa shape index (κ1) is 13.1. The number of nitrogens with zero attached hydrogens (tertiary/aromatic N) is 1. The fraction of sp³-hybridized carbons (Fsp3) is 0.625. The van der Waals surface area contributed by atoms with Gasteiger partial charge in [0.2, 0.25) is 0 Å². The highest BCUT2D eigenvalue weighted by Crippen LogP contribution is 2.37. The third-order valence-electron chi connectivity index (χ3n) is 4.88. The van der Waals surface area contributed by atoms with Gasteiger partial charge in [0, 0.05) is 31.8 Å². The summed E-state index contributed by atoms with van der Waals surface area (Å²) in [5, 5.41) is 0. The lowest BCUT2D eigenvalue weighted by Crippen LogP contribution is -2.56. The Bertz CT molecular complexity index is 423. The first-order valence-electron chi connectivity index (χ1n) is 7.41. The Morgan fingerprint density at radius 3 is 2.58 bits per heavy atom. The molecule has 0 radical (unpaired) electrons. The molecule has 2 aliphatic rings. The molecule has 104 valence electrons. The zero-order valence-corrected chi connectivity index (χ0v) is 11.8. The van der Waals surface area contributed by atoms with E-state index in [1.54, 1.807) is 0 Å². The molecule has 2 N–H and O–H groups in total. The summed E-state index contributed by atoms with van der Waals surface area (Å²) in [5.74, 6) is 0. The minimum atomic E-state index is 0.137. The van der Waals surface area contributed by atoms with E-state index in [1.165, 1.54) is 11.1 Å². The quantitative estimate of drug-likeness (QED) is 0.906. The molecule has 0 amide bonds. The van der Waals surface area contributed by atoms with Gasteiger partial charge in [-0.1, -0.05) is 31.2 Å². The zero-order valence-electron chi connectivity index (χ0n) is 11.8. The third-order valence-corrected chi connectivity index (χ3v) is 4.88. The Labute approximate surface area is 115 Å². The molecule has 3 rings (SSSR count). The van der Waals surface area contributed by atoms with E-state index in [1.807, 2.05) is 0 Å². The number of nitrogens with two attached hydrogens (primary N) is 1. The monoisotopic (exact) mass is 260 g/mol. The molecule has 0 aromatic heterocycles. The number of hydrogen-bond donors (Lipinski definition) is 1. The lowest BCUT2D eigenvalue weighted by Gasteiger charge is -2.46. The van der Waals surface area contributed by atoms with Gasteiger partial charge in [0.15, 0.2) is 0 Å². The smallest absolute Gasteiger partial charge is 0.0590 e. The molecule has 1 aromatic carbocycles. The second-order valence-corrected chi connectivity index (χ2v) is 5.91. The number of benzene rings is 1. The van der Waals surface area contributed by atoms with Crippen molar-refractivity contribution in [2.75, 3.05) is 13.2 Å². The standard InChI is InChI=1S/C16H24N2O/c1-2-15-9-16(12-17,7-8-19-15)18-10-13-5-3-4-6-14(13)11-18/h3-6,15H,2,7-12,17H2,1H3. The summed E-state index contributed by atoms with van der Waals surface area (Å²) in [6.45, 7) is 5.88. The zero-order chi connectivity index (χ0) is 13.3. The first-order valence-corrected chi connectivity index (χ1v) is 7.41. The SMILES string of the molecule is CCC1CC(CN)(N2Cc3ccccc3C2)CCO1. The lowest BCUT2D eigenvalue weighted by molar-refractivity contribution is -0.0741. The molecule has 1 saturated heterocycles. The highest BCUT2D eigenvalue weighted by atomic mass is 16.5. The van der Waals surface area contributed by atoms with E-state index in [4.69, 9.17) is 10.5 Å². The van der Waals surface area contributed by atoms with Crippen molar-refractivity contribution in [3.05, 3.63) is 35.4 Å². The normalized spacial score (nSPS) is 31.4. The lowest BCUT2D eigenvalue weighted by atomic mass is 9.84. The van der Waals surface area contributed by atoms with Gasteiger partial charge in [-0.2, -0.15) is 0 Å². The van der Waals surface area contributed by atoms with Gasteiger partial charge in [-0.15, -0.1) is 0 Å². The van der Waals surface area contributed by atoms with Crippen molar-refractivity contribution in [2.45, 2.75) is 50.9 Å². The van der Waals surface area contributed by atoms with E-state index in [0.717, 1.165) is 45.5 Å². The van der Waals surface area contributed by atoms with Gasteiger partial charge in [0.1, 0.15) is 0 Å². The van der Waals surface area contributed by atoms with E-state index in [2.05, 4.69) is 36.1 Å². The molecule has 0 bridgehead atoms. The van der Waals surface area contributed by atoms with Crippen LogP contribution in [0.5, 0.6) is 0 Å². The third kappa shape index (κ3) is 2.31. The van der Waals surface area contributed by atoms with Crippen LogP contribution in [0.2, 0.25) is 0 Å². The number of hydrogen-bond acceptors (Lipinski definition) is 3. The molecule has 2 heterocycles. The maximum atomic E-state index is 6.17. The van der Waals surface area contributed by atoms with Crippen LogP contribution in [0.15, 0.2) is 24.3 Å². The summed E-state index contributed by atoms with van der Waals surface area (Å²) >= 11 is 0. The van der Waals surface area contributed by atoms with E-state index in [9.17, 15) is 0 Å². The van der Waals surface area contributed by atoms with Crippen LogP contribution in [0.4, 0.5) is 0 Å². The highest BCUT2D eigenvalue weighted by molar-refractivity contribution is 5.31. The van der Waals surface area contributed by atoms with Gasteiger partial charge in [-0.3, -0.25) is 4.90 Å². The van der Waals surface area contributed by atoms with Crippen LogP contribution in [0, 0.1) is 0 Å². The van der Waals surface area contributed by atoms with Gasteiger partial charge in [-0.05, 0) is 30.4 Å². The molecule has 2 atom stereocenters. The molecule has 1 aromatic rings. The average Bonchev–Trinajstić information content (AvgIpc) is 2.91. The molecular formula is C16H24N2O. The van der Waals surface area contributed by atoms with Crippen molar-refractivity contribution in [2.24, 2.45) is 5.73 Å². The summed E-state index contributed by atoms with van der Waals surface area (Å²) < 4.78 is 5.84. The topological polar surface area (TPSA) is 38.5 Å². The minimum absolute atomic E-state index is 0.137. The van der Waals surface area contributed by atoms with Gasteiger partial charge in [-0.25, -0.2) is 0 Å². The van der Waals surface area contributed by atoms with Gasteiger partial charge < -0.3 is 10.5 Å². The van der Waals surface area contributed by atoms with Crippen LogP contribution >= 0.6 is 0 Å². The van der Waals surface area contributed by atoms with Crippen LogP contribution in [0.1, 0.15) is 37.3 Å². The predicted octanol–water partition coefficient (Wildman–Crippen LogP) is 2.29. The van der Waals surface area contributed by atoms with Crippen LogP contribution in [0.25, 0.3) is 0 Å².